The number of fused-ring (bicyclic) bond motifs is 2. The normalized spacial score (nSPS) is 30.0. The molecule has 3 aliphatic rings. The van der Waals surface area contributed by atoms with Crippen LogP contribution in [0.3, 0.4) is 0 Å². The predicted molar refractivity (Wildman–Crippen MR) is 102 cm³/mol. The molecule has 135 valence electrons. The molecule has 1 aliphatic heterocycles. The largest absolute Gasteiger partial charge is 0.670 e. The second kappa shape index (κ2) is 7.98. The first-order valence-electron chi connectivity index (χ1n) is 8.62. The van der Waals surface area contributed by atoms with E-state index in [1.54, 1.807) is 11.9 Å². The van der Waals surface area contributed by atoms with E-state index in [1.807, 2.05) is 24.5 Å². The maximum Gasteiger partial charge on any atom is 0.123 e. The molecule has 0 saturated heterocycles. The molecule has 0 spiro atoms. The first-order valence-corrected chi connectivity index (χ1v) is 9.84. The smallest absolute Gasteiger partial charge is 0.123 e. The second-order valence-electron chi connectivity index (χ2n) is 7.13. The first kappa shape index (κ1) is 20.4. The van der Waals surface area contributed by atoms with Gasteiger partial charge in [-0.05, 0) is 43.2 Å². The Hall–Kier alpha value is -0.296. The molecule has 1 radical (unpaired) electrons. The van der Waals surface area contributed by atoms with Crippen molar-refractivity contribution in [3.63, 3.8) is 0 Å². The zero-order chi connectivity index (χ0) is 17.5. The fraction of sp³-hybridized carbons (Fsp3) is 0.400. The molecule has 0 unspecified atom stereocenters. The Bertz CT molecular complexity index is 762. The molecule has 6 heteroatoms. The van der Waals surface area contributed by atoms with Gasteiger partial charge in [0.1, 0.15) is 5.82 Å². The van der Waals surface area contributed by atoms with E-state index in [4.69, 9.17) is 5.73 Å². The van der Waals surface area contributed by atoms with E-state index in [9.17, 15) is 4.39 Å². The van der Waals surface area contributed by atoms with Gasteiger partial charge in [-0.3, -0.25) is 4.72 Å². The molecule has 2 aromatic rings. The van der Waals surface area contributed by atoms with E-state index in [-0.39, 0.29) is 55.6 Å². The Morgan fingerprint density at radius 3 is 2.38 bits per heavy atom. The SMILES string of the molecule is CSNC12CC1([NH-])C2.Fc1ccc([C@@H]2[N-]CCc3ccccc32)cc1.[Y]. The van der Waals surface area contributed by atoms with Crippen LogP contribution >= 0.6 is 11.9 Å². The molecule has 5 rings (SSSR count). The third-order valence-electron chi connectivity index (χ3n) is 5.40. The Kier molecular flexibility index (Phi) is 6.27. The molecule has 1 atom stereocenters. The average Bonchev–Trinajstić information content (AvgIpc) is 3.39. The minimum absolute atomic E-state index is 0. The molecule has 2 saturated carbocycles. The molecule has 3 nitrogen and oxygen atoms in total. The Morgan fingerprint density at radius 2 is 1.81 bits per heavy atom. The molecular weight excluding hydrogens is 422 g/mol. The average molecular weight is 444 g/mol. The van der Waals surface area contributed by atoms with Gasteiger partial charge in [-0.15, -0.1) is 12.1 Å². The van der Waals surface area contributed by atoms with Crippen molar-refractivity contribution >= 4 is 11.9 Å². The number of benzene rings is 2. The van der Waals surface area contributed by atoms with Crippen molar-refractivity contribution in [2.24, 2.45) is 0 Å². The predicted octanol–water partition coefficient (Wildman–Crippen LogP) is 5.03. The van der Waals surface area contributed by atoms with Crippen molar-refractivity contribution in [1.82, 2.24) is 4.72 Å². The monoisotopic (exact) mass is 444 g/mol. The van der Waals surface area contributed by atoms with Crippen LogP contribution in [-0.2, 0) is 39.1 Å². The van der Waals surface area contributed by atoms with Gasteiger partial charge in [0.2, 0.25) is 0 Å². The van der Waals surface area contributed by atoms with E-state index in [2.05, 4.69) is 28.2 Å². The number of rotatable bonds is 3. The maximum atomic E-state index is 12.9. The fourth-order valence-electron chi connectivity index (χ4n) is 3.63. The van der Waals surface area contributed by atoms with Crippen LogP contribution in [0.2, 0.25) is 0 Å². The summed E-state index contributed by atoms with van der Waals surface area (Å²) in [6.45, 7) is 0.846. The summed E-state index contributed by atoms with van der Waals surface area (Å²) in [6.07, 6.45) is 5.20. The topological polar surface area (TPSA) is 49.9 Å². The maximum absolute atomic E-state index is 12.9. The number of hydrogen-bond donors (Lipinski definition) is 1. The van der Waals surface area contributed by atoms with Crippen LogP contribution in [0.15, 0.2) is 48.5 Å². The van der Waals surface area contributed by atoms with Gasteiger partial charge < -0.3 is 11.1 Å². The van der Waals surface area contributed by atoms with Crippen molar-refractivity contribution in [1.29, 1.82) is 0 Å². The number of halogens is 1. The molecule has 2 aromatic carbocycles. The third kappa shape index (κ3) is 3.94. The van der Waals surface area contributed by atoms with E-state index >= 15 is 0 Å². The standard InChI is InChI=1S/C15H13FN.C5H9N2S.Y/c16-13-7-5-12(6-8-13)15-14-4-2-1-3-11(14)9-10-17-15;1-8-7-5-2-4(5,6)3-5;/h1-8,15H,9-10H2;6-7H,2-3H2,1H3;/q2*-1;/t15-;;/m0../s1. The summed E-state index contributed by atoms with van der Waals surface area (Å²) >= 11 is 1.64. The van der Waals surface area contributed by atoms with Gasteiger partial charge in [0.15, 0.2) is 0 Å². The Morgan fingerprint density at radius 1 is 1.15 bits per heavy atom. The van der Waals surface area contributed by atoms with Crippen molar-refractivity contribution < 1.29 is 37.1 Å². The van der Waals surface area contributed by atoms with Crippen LogP contribution in [0.25, 0.3) is 11.1 Å². The fourth-order valence-corrected chi connectivity index (χ4v) is 4.36. The van der Waals surface area contributed by atoms with E-state index < -0.39 is 0 Å². The van der Waals surface area contributed by atoms with Crippen molar-refractivity contribution in [2.75, 3.05) is 12.8 Å². The van der Waals surface area contributed by atoms with Crippen molar-refractivity contribution in [3.05, 3.63) is 82.1 Å². The van der Waals surface area contributed by atoms with Gasteiger partial charge in [0.25, 0.3) is 0 Å². The molecule has 0 bridgehead atoms. The Labute approximate surface area is 184 Å². The second-order valence-corrected chi connectivity index (χ2v) is 7.75. The summed E-state index contributed by atoms with van der Waals surface area (Å²) in [5.41, 5.74) is 11.4. The Balaban J connectivity index is 0.000000183. The molecule has 2 aliphatic carbocycles. The molecule has 0 amide bonds. The first-order chi connectivity index (χ1) is 12.1. The van der Waals surface area contributed by atoms with Crippen LogP contribution in [0.1, 0.15) is 35.6 Å². The van der Waals surface area contributed by atoms with Crippen LogP contribution in [-0.4, -0.2) is 23.9 Å². The zero-order valence-corrected chi connectivity index (χ0v) is 18.5. The summed E-state index contributed by atoms with van der Waals surface area (Å²) in [5.74, 6) is -0.196. The summed E-state index contributed by atoms with van der Waals surface area (Å²) in [7, 11) is 0. The number of nitrogens with one attached hydrogen (secondary N) is 2. The molecule has 0 aromatic heterocycles. The molecule has 26 heavy (non-hydrogen) atoms. The van der Waals surface area contributed by atoms with Gasteiger partial charge in [0, 0.05) is 38.2 Å². The van der Waals surface area contributed by atoms with Crippen LogP contribution in [0.4, 0.5) is 4.39 Å². The van der Waals surface area contributed by atoms with E-state index in [0.717, 1.165) is 31.4 Å². The van der Waals surface area contributed by atoms with Gasteiger partial charge in [0.05, 0.1) is 0 Å². The van der Waals surface area contributed by atoms with E-state index in [1.165, 1.54) is 23.3 Å². The van der Waals surface area contributed by atoms with Crippen LogP contribution < -0.4 is 4.72 Å². The molecule has 1 heterocycles. The quantitative estimate of drug-likeness (QED) is 0.675. The van der Waals surface area contributed by atoms with Crippen LogP contribution in [0, 0.1) is 5.82 Å². The molecule has 2 fully saturated rings. The van der Waals surface area contributed by atoms with Crippen LogP contribution in [0.5, 0.6) is 0 Å². The van der Waals surface area contributed by atoms with Gasteiger partial charge in [-0.1, -0.05) is 65.5 Å². The van der Waals surface area contributed by atoms with Gasteiger partial charge >= 0.3 is 0 Å². The molecule has 2 N–H and O–H groups in total. The third-order valence-corrected chi connectivity index (χ3v) is 5.99. The summed E-state index contributed by atoms with van der Waals surface area (Å²) in [4.78, 5) is 0. The zero-order valence-electron chi connectivity index (χ0n) is 14.8. The van der Waals surface area contributed by atoms with Gasteiger partial charge in [-0.25, -0.2) is 4.39 Å². The minimum Gasteiger partial charge on any atom is -0.670 e. The minimum atomic E-state index is -0.196. The number of hydrogen-bond acceptors (Lipinski definition) is 2. The summed E-state index contributed by atoms with van der Waals surface area (Å²) in [5, 5.41) is 4.65. The summed E-state index contributed by atoms with van der Waals surface area (Å²) in [6, 6.07) is 15.1. The number of nitrogens with zero attached hydrogens (tertiary/aromatic N) is 1. The van der Waals surface area contributed by atoms with Crippen molar-refractivity contribution in [3.8, 4) is 0 Å². The molecular formula is C20H22FN3SY-2. The van der Waals surface area contributed by atoms with Crippen molar-refractivity contribution in [2.45, 2.75) is 36.4 Å². The van der Waals surface area contributed by atoms with Gasteiger partial charge in [-0.2, -0.15) is 0 Å². The summed E-state index contributed by atoms with van der Waals surface area (Å²) < 4.78 is 16.2. The van der Waals surface area contributed by atoms with E-state index in [0.29, 0.717) is 0 Å².